The number of nitro benzene ring substituents is 1. The van der Waals surface area contributed by atoms with E-state index in [0.29, 0.717) is 6.54 Å². The fourth-order valence-electron chi connectivity index (χ4n) is 2.07. The lowest BCUT2D eigenvalue weighted by molar-refractivity contribution is -0.387. The summed E-state index contributed by atoms with van der Waals surface area (Å²) in [4.78, 5) is 22.9. The number of hydrogen-bond acceptors (Lipinski definition) is 4. The van der Waals surface area contributed by atoms with Gasteiger partial charge >= 0.3 is 5.69 Å². The first-order valence-corrected chi connectivity index (χ1v) is 5.60. The van der Waals surface area contributed by atoms with Crippen LogP contribution < -0.4 is 10.6 Å². The molecular weight excluding hydrogens is 253 g/mol. The summed E-state index contributed by atoms with van der Waals surface area (Å²) in [6.07, 6.45) is 1.93. The molecule has 0 aliphatic carbocycles. The Morgan fingerprint density at radius 1 is 1.58 bits per heavy atom. The zero-order valence-electron chi connectivity index (χ0n) is 10.0. The number of rotatable bonds is 3. The number of carbonyl (C=O) groups excluding carboxylic acids is 1. The van der Waals surface area contributed by atoms with Crippen LogP contribution in [0, 0.1) is 21.8 Å². The van der Waals surface area contributed by atoms with Crippen molar-refractivity contribution >= 4 is 23.0 Å². The van der Waals surface area contributed by atoms with Gasteiger partial charge in [-0.25, -0.2) is 0 Å². The second-order valence-corrected chi connectivity index (χ2v) is 4.32. The standard InChI is InChI=1S/C12H12FN3O3/c1-2-7-3-12(17)15(6-7)11-4-8(13)10(16(18)19)5-9(11)14/h2,4-5,7H,1,3,6,14H2. The number of hydrogen-bond donors (Lipinski definition) is 1. The van der Waals surface area contributed by atoms with Crippen LogP contribution in [0.4, 0.5) is 21.5 Å². The van der Waals surface area contributed by atoms with Gasteiger partial charge in [0.25, 0.3) is 0 Å². The predicted molar refractivity (Wildman–Crippen MR) is 68.1 cm³/mol. The molecule has 19 heavy (non-hydrogen) atoms. The molecule has 1 heterocycles. The normalized spacial score (nSPS) is 18.7. The summed E-state index contributed by atoms with van der Waals surface area (Å²) in [6.45, 7) is 3.96. The van der Waals surface area contributed by atoms with E-state index in [1.54, 1.807) is 6.08 Å². The minimum absolute atomic E-state index is 0.00571. The van der Waals surface area contributed by atoms with Crippen molar-refractivity contribution in [3.63, 3.8) is 0 Å². The first-order valence-electron chi connectivity index (χ1n) is 5.60. The van der Waals surface area contributed by atoms with E-state index in [2.05, 4.69) is 6.58 Å². The number of anilines is 2. The summed E-state index contributed by atoms with van der Waals surface area (Å²) in [7, 11) is 0. The molecule has 100 valence electrons. The number of halogens is 1. The average molecular weight is 265 g/mol. The van der Waals surface area contributed by atoms with Gasteiger partial charge in [0, 0.05) is 31.0 Å². The Morgan fingerprint density at radius 3 is 2.79 bits per heavy atom. The van der Waals surface area contributed by atoms with Crippen LogP contribution in [0.1, 0.15) is 6.42 Å². The van der Waals surface area contributed by atoms with Crippen molar-refractivity contribution in [2.75, 3.05) is 17.2 Å². The van der Waals surface area contributed by atoms with Crippen LogP contribution in [0.2, 0.25) is 0 Å². The summed E-state index contributed by atoms with van der Waals surface area (Å²) >= 11 is 0. The molecule has 1 aliphatic heterocycles. The first-order chi connectivity index (χ1) is 8.93. The number of carbonyl (C=O) groups is 1. The highest BCUT2D eigenvalue weighted by atomic mass is 19.1. The summed E-state index contributed by atoms with van der Waals surface area (Å²) in [6, 6.07) is 1.86. The van der Waals surface area contributed by atoms with Crippen LogP contribution in [0.15, 0.2) is 24.8 Å². The number of nitrogens with zero attached hydrogens (tertiary/aromatic N) is 2. The van der Waals surface area contributed by atoms with Gasteiger partial charge in [-0.05, 0) is 0 Å². The third-order valence-corrected chi connectivity index (χ3v) is 3.07. The van der Waals surface area contributed by atoms with E-state index >= 15 is 0 Å². The maximum absolute atomic E-state index is 13.6. The topological polar surface area (TPSA) is 89.5 Å². The lowest BCUT2D eigenvalue weighted by Gasteiger charge is -2.18. The number of nitrogen functional groups attached to an aromatic ring is 1. The number of nitrogens with two attached hydrogens (primary N) is 1. The fraction of sp³-hybridized carbons (Fsp3) is 0.250. The van der Waals surface area contributed by atoms with Gasteiger partial charge in [0.05, 0.1) is 16.3 Å². The van der Waals surface area contributed by atoms with Crippen LogP contribution in [-0.4, -0.2) is 17.4 Å². The molecule has 6 nitrogen and oxygen atoms in total. The number of benzene rings is 1. The molecule has 1 saturated heterocycles. The Kier molecular flexibility index (Phi) is 3.20. The molecule has 2 rings (SSSR count). The third kappa shape index (κ3) is 2.26. The molecule has 2 N–H and O–H groups in total. The Hall–Kier alpha value is -2.44. The summed E-state index contributed by atoms with van der Waals surface area (Å²) in [5, 5.41) is 10.6. The van der Waals surface area contributed by atoms with E-state index in [1.165, 1.54) is 4.90 Å². The molecule has 0 radical (unpaired) electrons. The van der Waals surface area contributed by atoms with Crippen LogP contribution >= 0.6 is 0 Å². The average Bonchev–Trinajstić information content (AvgIpc) is 2.72. The van der Waals surface area contributed by atoms with Crippen molar-refractivity contribution in [1.29, 1.82) is 0 Å². The van der Waals surface area contributed by atoms with Crippen molar-refractivity contribution in [3.8, 4) is 0 Å². The highest BCUT2D eigenvalue weighted by Crippen LogP contribution is 2.34. The zero-order chi connectivity index (χ0) is 14.2. The Morgan fingerprint density at radius 2 is 2.26 bits per heavy atom. The summed E-state index contributed by atoms with van der Waals surface area (Å²) in [5.41, 5.74) is 5.14. The fourth-order valence-corrected chi connectivity index (χ4v) is 2.07. The van der Waals surface area contributed by atoms with Crippen LogP contribution in [0.5, 0.6) is 0 Å². The molecule has 1 fully saturated rings. The molecule has 0 aromatic heterocycles. The summed E-state index contributed by atoms with van der Waals surface area (Å²) in [5.74, 6) is -1.24. The lowest BCUT2D eigenvalue weighted by atomic mass is 10.1. The quantitative estimate of drug-likeness (QED) is 0.391. The molecule has 1 aromatic carbocycles. The van der Waals surface area contributed by atoms with E-state index in [4.69, 9.17) is 5.73 Å². The zero-order valence-corrected chi connectivity index (χ0v) is 10.0. The molecule has 1 unspecified atom stereocenters. The molecule has 7 heteroatoms. The molecule has 1 aliphatic rings. The van der Waals surface area contributed by atoms with Crippen molar-refractivity contribution < 1.29 is 14.1 Å². The van der Waals surface area contributed by atoms with Gasteiger partial charge in [-0.1, -0.05) is 6.08 Å². The molecular formula is C12H12FN3O3. The largest absolute Gasteiger partial charge is 0.397 e. The minimum Gasteiger partial charge on any atom is -0.397 e. The molecule has 1 amide bonds. The van der Waals surface area contributed by atoms with Crippen molar-refractivity contribution in [2.45, 2.75) is 6.42 Å². The Balaban J connectivity index is 2.41. The van der Waals surface area contributed by atoms with E-state index < -0.39 is 16.4 Å². The monoisotopic (exact) mass is 265 g/mol. The maximum Gasteiger partial charge on any atom is 0.306 e. The van der Waals surface area contributed by atoms with E-state index in [0.717, 1.165) is 12.1 Å². The minimum atomic E-state index is -1.01. The second-order valence-electron chi connectivity index (χ2n) is 4.32. The van der Waals surface area contributed by atoms with Gasteiger partial charge in [-0.2, -0.15) is 4.39 Å². The van der Waals surface area contributed by atoms with Gasteiger partial charge in [0.15, 0.2) is 0 Å². The van der Waals surface area contributed by atoms with Gasteiger partial charge in [0.2, 0.25) is 11.7 Å². The lowest BCUT2D eigenvalue weighted by Crippen LogP contribution is -2.25. The Labute approximate surface area is 108 Å². The summed E-state index contributed by atoms with van der Waals surface area (Å²) < 4.78 is 13.6. The van der Waals surface area contributed by atoms with Crippen molar-refractivity contribution in [3.05, 3.63) is 40.7 Å². The first kappa shape index (κ1) is 13.0. The maximum atomic E-state index is 13.6. The van der Waals surface area contributed by atoms with Gasteiger partial charge in [-0.3, -0.25) is 14.9 Å². The third-order valence-electron chi connectivity index (χ3n) is 3.07. The highest BCUT2D eigenvalue weighted by molar-refractivity contribution is 5.99. The van der Waals surface area contributed by atoms with Crippen LogP contribution in [0.25, 0.3) is 0 Å². The highest BCUT2D eigenvalue weighted by Gasteiger charge is 2.31. The number of nitro groups is 1. The molecule has 1 atom stereocenters. The van der Waals surface area contributed by atoms with Crippen molar-refractivity contribution in [1.82, 2.24) is 0 Å². The molecule has 0 spiro atoms. The van der Waals surface area contributed by atoms with Gasteiger partial charge in [-0.15, -0.1) is 6.58 Å². The SMILES string of the molecule is C=CC1CC(=O)N(c2cc(F)c([N+](=O)[O-])cc2N)C1. The number of amides is 1. The van der Waals surface area contributed by atoms with Crippen molar-refractivity contribution in [2.24, 2.45) is 5.92 Å². The van der Waals surface area contributed by atoms with Gasteiger partial charge in [0.1, 0.15) is 0 Å². The van der Waals surface area contributed by atoms with Gasteiger partial charge < -0.3 is 10.6 Å². The second kappa shape index (κ2) is 4.68. The van der Waals surface area contributed by atoms with E-state index in [-0.39, 0.29) is 29.6 Å². The van der Waals surface area contributed by atoms with E-state index in [9.17, 15) is 19.3 Å². The van der Waals surface area contributed by atoms with E-state index in [1.807, 2.05) is 0 Å². The smallest absolute Gasteiger partial charge is 0.306 e. The molecule has 0 saturated carbocycles. The molecule has 0 bridgehead atoms. The predicted octanol–water partition coefficient (Wildman–Crippen LogP) is 1.85. The van der Waals surface area contributed by atoms with Crippen LogP contribution in [-0.2, 0) is 4.79 Å². The van der Waals surface area contributed by atoms with Crippen LogP contribution in [0.3, 0.4) is 0 Å². The Bertz CT molecular complexity index is 574. The molecule has 1 aromatic rings.